The number of piperazine rings is 1. The molecule has 6 nitrogen and oxygen atoms in total. The summed E-state index contributed by atoms with van der Waals surface area (Å²) in [6.45, 7) is 10.2. The third-order valence-electron chi connectivity index (χ3n) is 6.19. The van der Waals surface area contributed by atoms with Gasteiger partial charge < -0.3 is 15.1 Å². The van der Waals surface area contributed by atoms with Crippen molar-refractivity contribution in [2.24, 2.45) is 0 Å². The van der Waals surface area contributed by atoms with E-state index in [0.29, 0.717) is 5.56 Å². The van der Waals surface area contributed by atoms with Crippen LogP contribution in [0.25, 0.3) is 10.8 Å². The standard InChI is InChI=1S/C24H27BrN6/c1-15-18(14-26)6-5-7-19(15)16(2)27-24-21-13-23(31-10-8-30(4)9-11-31)22(25)12-20(21)17(3)28-29-24/h5-7,12-13,16H,8-11H2,1-4H3,(H,27,29)/t16-/m1/s1. The maximum Gasteiger partial charge on any atom is 0.157 e. The molecule has 1 atom stereocenters. The molecule has 3 aromatic rings. The molecule has 0 aliphatic carbocycles. The van der Waals surface area contributed by atoms with Gasteiger partial charge in [0, 0.05) is 41.4 Å². The number of nitriles is 1. The molecule has 1 N–H and O–H groups in total. The van der Waals surface area contributed by atoms with E-state index in [0.717, 1.165) is 64.1 Å². The third-order valence-corrected chi connectivity index (χ3v) is 6.83. The minimum Gasteiger partial charge on any atom is -0.368 e. The molecule has 4 rings (SSSR count). The van der Waals surface area contributed by atoms with E-state index < -0.39 is 0 Å². The van der Waals surface area contributed by atoms with Gasteiger partial charge in [-0.2, -0.15) is 10.4 Å². The average molecular weight is 479 g/mol. The first-order valence-corrected chi connectivity index (χ1v) is 11.3. The molecule has 0 spiro atoms. The summed E-state index contributed by atoms with van der Waals surface area (Å²) in [4.78, 5) is 4.78. The molecule has 0 unspecified atom stereocenters. The number of aromatic nitrogens is 2. The van der Waals surface area contributed by atoms with Gasteiger partial charge in [0.15, 0.2) is 5.82 Å². The lowest BCUT2D eigenvalue weighted by Gasteiger charge is -2.34. The van der Waals surface area contributed by atoms with Crippen molar-refractivity contribution in [2.75, 3.05) is 43.4 Å². The van der Waals surface area contributed by atoms with Gasteiger partial charge in [-0.25, -0.2) is 0 Å². The van der Waals surface area contributed by atoms with Crippen molar-refractivity contribution in [1.82, 2.24) is 15.1 Å². The number of rotatable bonds is 4. The van der Waals surface area contributed by atoms with Crippen LogP contribution >= 0.6 is 15.9 Å². The second-order valence-corrected chi connectivity index (χ2v) is 9.13. The van der Waals surface area contributed by atoms with E-state index in [1.807, 2.05) is 26.0 Å². The molecule has 2 aromatic carbocycles. The monoisotopic (exact) mass is 478 g/mol. The molecule has 0 radical (unpaired) electrons. The Hall–Kier alpha value is -2.69. The number of aryl methyl sites for hydroxylation is 1. The largest absolute Gasteiger partial charge is 0.368 e. The van der Waals surface area contributed by atoms with E-state index in [4.69, 9.17) is 0 Å². The van der Waals surface area contributed by atoms with E-state index in [-0.39, 0.29) is 6.04 Å². The first-order valence-electron chi connectivity index (χ1n) is 10.5. The molecular formula is C24H27BrN6. The van der Waals surface area contributed by atoms with Crippen LogP contribution < -0.4 is 10.2 Å². The highest BCUT2D eigenvalue weighted by molar-refractivity contribution is 9.10. The Bertz CT molecular complexity index is 1160. The summed E-state index contributed by atoms with van der Waals surface area (Å²) in [5.74, 6) is 0.762. The van der Waals surface area contributed by atoms with Crippen molar-refractivity contribution in [3.8, 4) is 6.07 Å². The summed E-state index contributed by atoms with van der Waals surface area (Å²) in [7, 11) is 2.17. The molecule has 31 heavy (non-hydrogen) atoms. The predicted molar refractivity (Wildman–Crippen MR) is 130 cm³/mol. The third kappa shape index (κ3) is 4.23. The SMILES string of the molecule is Cc1c(C#N)cccc1[C@@H](C)Nc1nnc(C)c2cc(Br)c(N3CCN(C)CC3)cc12. The number of benzene rings is 2. The summed E-state index contributed by atoms with van der Waals surface area (Å²) in [5.41, 5.74) is 4.88. The van der Waals surface area contributed by atoms with Crippen LogP contribution in [0.5, 0.6) is 0 Å². The van der Waals surface area contributed by atoms with Gasteiger partial charge in [0.05, 0.1) is 29.1 Å². The molecule has 1 fully saturated rings. The molecule has 1 saturated heterocycles. The van der Waals surface area contributed by atoms with E-state index in [2.05, 4.69) is 79.5 Å². The molecule has 7 heteroatoms. The Kier molecular flexibility index (Phi) is 6.12. The van der Waals surface area contributed by atoms with Crippen LogP contribution in [0.15, 0.2) is 34.8 Å². The highest BCUT2D eigenvalue weighted by atomic mass is 79.9. The Morgan fingerprint density at radius 2 is 1.84 bits per heavy atom. The van der Waals surface area contributed by atoms with Gasteiger partial charge in [-0.05, 0) is 73.1 Å². The van der Waals surface area contributed by atoms with Crippen LogP contribution in [0.2, 0.25) is 0 Å². The second-order valence-electron chi connectivity index (χ2n) is 8.27. The first-order chi connectivity index (χ1) is 14.9. The number of nitrogens with one attached hydrogen (secondary N) is 1. The number of hydrogen-bond donors (Lipinski definition) is 1. The Morgan fingerprint density at radius 3 is 2.55 bits per heavy atom. The van der Waals surface area contributed by atoms with Gasteiger partial charge in [-0.3, -0.25) is 0 Å². The molecule has 0 saturated carbocycles. The lowest BCUT2D eigenvalue weighted by atomic mass is 9.98. The molecule has 2 heterocycles. The smallest absolute Gasteiger partial charge is 0.157 e. The summed E-state index contributed by atoms with van der Waals surface area (Å²) in [5, 5.41) is 24.0. The molecule has 1 aromatic heterocycles. The number of likely N-dealkylation sites (N-methyl/N-ethyl adjacent to an activating group) is 1. The fourth-order valence-electron chi connectivity index (χ4n) is 4.21. The van der Waals surface area contributed by atoms with Crippen LogP contribution in [-0.2, 0) is 0 Å². The number of nitrogens with zero attached hydrogens (tertiary/aromatic N) is 5. The second kappa shape index (κ2) is 8.81. The zero-order valence-corrected chi connectivity index (χ0v) is 20.0. The highest BCUT2D eigenvalue weighted by Crippen LogP contribution is 2.36. The van der Waals surface area contributed by atoms with Gasteiger partial charge in [0.25, 0.3) is 0 Å². The van der Waals surface area contributed by atoms with E-state index in [1.54, 1.807) is 0 Å². The molecule has 1 aliphatic heterocycles. The van der Waals surface area contributed by atoms with Crippen molar-refractivity contribution in [3.63, 3.8) is 0 Å². The molecule has 0 amide bonds. The number of anilines is 2. The average Bonchev–Trinajstić information content (AvgIpc) is 2.76. The topological polar surface area (TPSA) is 68.1 Å². The molecule has 0 bridgehead atoms. The van der Waals surface area contributed by atoms with Crippen LogP contribution in [0.3, 0.4) is 0 Å². The number of fused-ring (bicyclic) bond motifs is 1. The van der Waals surface area contributed by atoms with Gasteiger partial charge in [-0.1, -0.05) is 12.1 Å². The van der Waals surface area contributed by atoms with Crippen molar-refractivity contribution >= 4 is 38.2 Å². The Morgan fingerprint density at radius 1 is 1.10 bits per heavy atom. The summed E-state index contributed by atoms with van der Waals surface area (Å²) >= 11 is 3.79. The van der Waals surface area contributed by atoms with Crippen molar-refractivity contribution in [1.29, 1.82) is 5.26 Å². The van der Waals surface area contributed by atoms with Crippen molar-refractivity contribution < 1.29 is 0 Å². The predicted octanol–water partition coefficient (Wildman–Crippen LogP) is 4.81. The van der Waals surface area contributed by atoms with Gasteiger partial charge in [0.1, 0.15) is 0 Å². The number of halogens is 1. The maximum atomic E-state index is 9.38. The quantitative estimate of drug-likeness (QED) is 0.580. The minimum absolute atomic E-state index is 0.00996. The minimum atomic E-state index is -0.00996. The van der Waals surface area contributed by atoms with Crippen molar-refractivity contribution in [3.05, 3.63) is 57.2 Å². The maximum absolute atomic E-state index is 9.38. The fraction of sp³-hybridized carbons (Fsp3) is 0.375. The fourth-order valence-corrected chi connectivity index (χ4v) is 4.81. The molecule has 1 aliphatic rings. The van der Waals surface area contributed by atoms with E-state index in [9.17, 15) is 5.26 Å². The van der Waals surface area contributed by atoms with E-state index in [1.165, 1.54) is 5.69 Å². The van der Waals surface area contributed by atoms with Crippen LogP contribution in [0.1, 0.15) is 35.3 Å². The van der Waals surface area contributed by atoms with Crippen LogP contribution in [-0.4, -0.2) is 48.3 Å². The first kappa shape index (κ1) is 21.5. The zero-order valence-electron chi connectivity index (χ0n) is 18.4. The lowest BCUT2D eigenvalue weighted by Crippen LogP contribution is -2.44. The van der Waals surface area contributed by atoms with Gasteiger partial charge >= 0.3 is 0 Å². The normalized spacial score (nSPS) is 15.7. The van der Waals surface area contributed by atoms with Crippen LogP contribution in [0, 0.1) is 25.2 Å². The summed E-state index contributed by atoms with van der Waals surface area (Å²) in [6.07, 6.45) is 0. The van der Waals surface area contributed by atoms with Gasteiger partial charge in [0.2, 0.25) is 0 Å². The summed E-state index contributed by atoms with van der Waals surface area (Å²) in [6, 6.07) is 12.5. The highest BCUT2D eigenvalue weighted by Gasteiger charge is 2.20. The summed E-state index contributed by atoms with van der Waals surface area (Å²) < 4.78 is 1.08. The molecule has 160 valence electrons. The number of hydrogen-bond acceptors (Lipinski definition) is 6. The molecular weight excluding hydrogens is 452 g/mol. The van der Waals surface area contributed by atoms with Crippen molar-refractivity contribution in [2.45, 2.75) is 26.8 Å². The Labute approximate surface area is 192 Å². The zero-order chi connectivity index (χ0) is 22.1. The van der Waals surface area contributed by atoms with Gasteiger partial charge in [-0.15, -0.1) is 5.10 Å². The lowest BCUT2D eigenvalue weighted by molar-refractivity contribution is 0.313. The van der Waals surface area contributed by atoms with E-state index >= 15 is 0 Å². The van der Waals surface area contributed by atoms with Crippen LogP contribution in [0.4, 0.5) is 11.5 Å². The Balaban J connectivity index is 1.73.